The molecule has 0 spiro atoms. The lowest BCUT2D eigenvalue weighted by Crippen LogP contribution is -2.27. The fourth-order valence-corrected chi connectivity index (χ4v) is 2.71. The number of aromatic nitrogens is 2. The summed E-state index contributed by atoms with van der Waals surface area (Å²) >= 11 is 0. The molecule has 0 aromatic carbocycles. The van der Waals surface area contributed by atoms with Crippen molar-refractivity contribution in [3.8, 4) is 0 Å². The van der Waals surface area contributed by atoms with Crippen molar-refractivity contribution >= 4 is 22.9 Å². The highest BCUT2D eigenvalue weighted by atomic mass is 16.3. The van der Waals surface area contributed by atoms with Gasteiger partial charge in [-0.3, -0.25) is 0 Å². The molecule has 19 heavy (non-hydrogen) atoms. The Kier molecular flexibility index (Phi) is 2.23. The van der Waals surface area contributed by atoms with Gasteiger partial charge in [-0.1, -0.05) is 0 Å². The van der Waals surface area contributed by atoms with Gasteiger partial charge in [0, 0.05) is 31.1 Å². The molecule has 6 heteroatoms. The van der Waals surface area contributed by atoms with Crippen LogP contribution in [0.3, 0.4) is 0 Å². The minimum atomic E-state index is 0.198. The summed E-state index contributed by atoms with van der Waals surface area (Å²) in [6, 6.07) is 2.20. The van der Waals surface area contributed by atoms with Crippen LogP contribution >= 0.6 is 0 Å². The lowest BCUT2D eigenvalue weighted by atomic mass is 10.3. The molecule has 2 fully saturated rings. The van der Waals surface area contributed by atoms with Crippen molar-refractivity contribution < 1.29 is 4.42 Å². The van der Waals surface area contributed by atoms with Gasteiger partial charge >= 0.3 is 0 Å². The average molecular weight is 259 g/mol. The van der Waals surface area contributed by atoms with Crippen LogP contribution in [0.1, 0.15) is 30.9 Å². The van der Waals surface area contributed by atoms with E-state index in [0.717, 1.165) is 42.2 Å². The minimum Gasteiger partial charge on any atom is -0.455 e. The van der Waals surface area contributed by atoms with Crippen LogP contribution in [0.15, 0.2) is 10.5 Å². The third-order valence-electron chi connectivity index (χ3n) is 3.89. The first kappa shape index (κ1) is 11.0. The molecule has 1 atom stereocenters. The van der Waals surface area contributed by atoms with Crippen LogP contribution in [0, 0.1) is 0 Å². The smallest absolute Gasteiger partial charge is 0.222 e. The number of hydrogen-bond donors (Lipinski definition) is 2. The molecule has 2 aliphatic rings. The second kappa shape index (κ2) is 3.84. The van der Waals surface area contributed by atoms with E-state index in [2.05, 4.69) is 14.9 Å². The Morgan fingerprint density at radius 2 is 2.11 bits per heavy atom. The first-order valence-corrected chi connectivity index (χ1v) is 6.78. The first-order valence-electron chi connectivity index (χ1n) is 6.78. The summed E-state index contributed by atoms with van der Waals surface area (Å²) in [5.41, 5.74) is 13.3. The number of nitrogens with zero attached hydrogens (tertiary/aromatic N) is 3. The number of nitrogen functional groups attached to an aromatic ring is 1. The maximum absolute atomic E-state index is 5.96. The largest absolute Gasteiger partial charge is 0.455 e. The van der Waals surface area contributed by atoms with Crippen molar-refractivity contribution in [1.82, 2.24) is 9.97 Å². The number of fused-ring (bicyclic) bond motifs is 1. The summed E-state index contributed by atoms with van der Waals surface area (Å²) < 4.78 is 5.96. The fraction of sp³-hybridized carbons (Fsp3) is 0.538. The molecular formula is C13H17N5O. The van der Waals surface area contributed by atoms with E-state index in [-0.39, 0.29) is 6.04 Å². The molecule has 4 rings (SSSR count). The van der Waals surface area contributed by atoms with Crippen LogP contribution in [0.25, 0.3) is 11.1 Å². The molecule has 0 unspecified atom stereocenters. The maximum atomic E-state index is 5.96. The highest BCUT2D eigenvalue weighted by molar-refractivity contribution is 5.86. The molecule has 0 bridgehead atoms. The minimum absolute atomic E-state index is 0.198. The predicted molar refractivity (Wildman–Crippen MR) is 73.0 cm³/mol. The molecule has 100 valence electrons. The maximum Gasteiger partial charge on any atom is 0.222 e. The number of anilines is 2. The Balaban J connectivity index is 1.83. The topological polar surface area (TPSA) is 94.2 Å². The van der Waals surface area contributed by atoms with Gasteiger partial charge in [0.25, 0.3) is 0 Å². The van der Waals surface area contributed by atoms with Crippen molar-refractivity contribution in [1.29, 1.82) is 0 Å². The Morgan fingerprint density at radius 1 is 1.26 bits per heavy atom. The Labute approximate surface area is 110 Å². The van der Waals surface area contributed by atoms with E-state index >= 15 is 0 Å². The van der Waals surface area contributed by atoms with Gasteiger partial charge in [-0.05, 0) is 19.3 Å². The predicted octanol–water partition coefficient (Wildman–Crippen LogP) is 1.22. The lowest BCUT2D eigenvalue weighted by molar-refractivity contribution is 0.550. The van der Waals surface area contributed by atoms with Crippen molar-refractivity contribution in [2.75, 3.05) is 23.7 Å². The highest BCUT2D eigenvalue weighted by Crippen LogP contribution is 2.43. The number of furan rings is 1. The van der Waals surface area contributed by atoms with Gasteiger partial charge in [0.15, 0.2) is 11.4 Å². The third kappa shape index (κ3) is 1.83. The monoisotopic (exact) mass is 259 g/mol. The molecular weight excluding hydrogens is 242 g/mol. The molecule has 1 aliphatic carbocycles. The molecule has 0 amide bonds. The standard InChI is InChI=1S/C13H17N5O/c14-8-3-4-18(6-8)12-11-9(16-13(15)17-12)5-10(19-11)7-1-2-7/h5,7-8H,1-4,6,14H2,(H2,15,16,17)/t8-/m1/s1. The van der Waals surface area contributed by atoms with Crippen LogP contribution < -0.4 is 16.4 Å². The summed E-state index contributed by atoms with van der Waals surface area (Å²) in [5, 5.41) is 0. The molecule has 2 aromatic rings. The van der Waals surface area contributed by atoms with Gasteiger partial charge in [0.1, 0.15) is 11.3 Å². The second-order valence-corrected chi connectivity index (χ2v) is 5.54. The molecule has 1 saturated carbocycles. The molecule has 0 radical (unpaired) electrons. The summed E-state index contributed by atoms with van der Waals surface area (Å²) in [7, 11) is 0. The van der Waals surface area contributed by atoms with E-state index in [1.807, 2.05) is 6.07 Å². The van der Waals surface area contributed by atoms with Crippen molar-refractivity contribution in [3.05, 3.63) is 11.8 Å². The zero-order valence-corrected chi connectivity index (χ0v) is 10.7. The van der Waals surface area contributed by atoms with Gasteiger partial charge in [-0.2, -0.15) is 4.98 Å². The van der Waals surface area contributed by atoms with Crippen LogP contribution in [-0.4, -0.2) is 29.1 Å². The van der Waals surface area contributed by atoms with E-state index in [1.165, 1.54) is 12.8 Å². The molecule has 6 nitrogen and oxygen atoms in total. The molecule has 4 N–H and O–H groups in total. The SMILES string of the molecule is Nc1nc(N2CC[C@@H](N)C2)c2oc(C3CC3)cc2n1. The van der Waals surface area contributed by atoms with Crippen LogP contribution in [0.2, 0.25) is 0 Å². The number of nitrogens with two attached hydrogens (primary N) is 2. The van der Waals surface area contributed by atoms with E-state index < -0.39 is 0 Å². The summed E-state index contributed by atoms with van der Waals surface area (Å²) in [6.07, 6.45) is 3.38. The van der Waals surface area contributed by atoms with Crippen molar-refractivity contribution in [2.45, 2.75) is 31.2 Å². The van der Waals surface area contributed by atoms with Gasteiger partial charge in [0.05, 0.1) is 0 Å². The Hall–Kier alpha value is -1.82. The van der Waals surface area contributed by atoms with E-state index in [1.54, 1.807) is 0 Å². The number of hydrogen-bond acceptors (Lipinski definition) is 6. The third-order valence-corrected chi connectivity index (χ3v) is 3.89. The highest BCUT2D eigenvalue weighted by Gasteiger charge is 2.30. The molecule has 2 aromatic heterocycles. The first-order chi connectivity index (χ1) is 9.20. The van der Waals surface area contributed by atoms with Crippen LogP contribution in [-0.2, 0) is 0 Å². The van der Waals surface area contributed by atoms with Crippen LogP contribution in [0.4, 0.5) is 11.8 Å². The summed E-state index contributed by atoms with van der Waals surface area (Å²) in [5.74, 6) is 2.66. The molecule has 3 heterocycles. The Bertz CT molecular complexity index is 633. The van der Waals surface area contributed by atoms with Crippen LogP contribution in [0.5, 0.6) is 0 Å². The van der Waals surface area contributed by atoms with Gasteiger partial charge < -0.3 is 20.8 Å². The normalized spacial score (nSPS) is 23.4. The Morgan fingerprint density at radius 3 is 2.79 bits per heavy atom. The molecule has 1 aliphatic heterocycles. The van der Waals surface area contributed by atoms with E-state index in [9.17, 15) is 0 Å². The summed E-state index contributed by atoms with van der Waals surface area (Å²) in [6.45, 7) is 1.69. The zero-order chi connectivity index (χ0) is 13.0. The lowest BCUT2D eigenvalue weighted by Gasteiger charge is -2.16. The summed E-state index contributed by atoms with van der Waals surface area (Å²) in [4.78, 5) is 10.8. The quantitative estimate of drug-likeness (QED) is 0.842. The van der Waals surface area contributed by atoms with Gasteiger partial charge in [-0.15, -0.1) is 0 Å². The average Bonchev–Trinajstić information content (AvgIpc) is 3.00. The number of rotatable bonds is 2. The van der Waals surface area contributed by atoms with E-state index in [0.29, 0.717) is 11.9 Å². The molecule has 1 saturated heterocycles. The second-order valence-electron chi connectivity index (χ2n) is 5.54. The van der Waals surface area contributed by atoms with Crippen molar-refractivity contribution in [2.24, 2.45) is 5.73 Å². The van der Waals surface area contributed by atoms with Crippen molar-refractivity contribution in [3.63, 3.8) is 0 Å². The van der Waals surface area contributed by atoms with E-state index in [4.69, 9.17) is 15.9 Å². The fourth-order valence-electron chi connectivity index (χ4n) is 2.71. The van der Waals surface area contributed by atoms with Gasteiger partial charge in [-0.25, -0.2) is 4.98 Å². The zero-order valence-electron chi connectivity index (χ0n) is 10.7. The van der Waals surface area contributed by atoms with Gasteiger partial charge in [0.2, 0.25) is 5.95 Å².